The lowest BCUT2D eigenvalue weighted by molar-refractivity contribution is 0.101. The number of anilines is 2. The molecule has 0 fully saturated rings. The SMILES string of the molecule is Cc1ncccc1C(=O)Nc1ccc(-c2cc(NC(=O)c3ccccc3Cl)n(C)n2)cc1. The van der Waals surface area contributed by atoms with Gasteiger partial charge in [0.05, 0.1) is 21.8 Å². The first-order valence-electron chi connectivity index (χ1n) is 9.85. The molecule has 2 aromatic carbocycles. The smallest absolute Gasteiger partial charge is 0.258 e. The van der Waals surface area contributed by atoms with Crippen molar-refractivity contribution in [3.63, 3.8) is 0 Å². The minimum absolute atomic E-state index is 0.217. The highest BCUT2D eigenvalue weighted by Gasteiger charge is 2.14. The van der Waals surface area contributed by atoms with E-state index in [1.165, 1.54) is 0 Å². The van der Waals surface area contributed by atoms with E-state index in [0.29, 0.717) is 39.0 Å². The van der Waals surface area contributed by atoms with Crippen LogP contribution in [0.5, 0.6) is 0 Å². The summed E-state index contributed by atoms with van der Waals surface area (Å²) in [7, 11) is 1.75. The molecular weight excluding hydrogens is 426 g/mol. The minimum atomic E-state index is -0.311. The standard InChI is InChI=1S/C24H20ClN5O2/c1-15-18(7-5-13-26-15)23(31)27-17-11-9-16(10-12-17)21-14-22(30(2)29-21)28-24(32)19-6-3-4-8-20(19)25/h3-14H,1-2H3,(H,27,31)(H,28,32). The fourth-order valence-corrected chi connectivity index (χ4v) is 3.42. The molecule has 0 bridgehead atoms. The molecule has 0 radical (unpaired) electrons. The zero-order valence-corrected chi connectivity index (χ0v) is 18.2. The number of hydrogen-bond donors (Lipinski definition) is 2. The van der Waals surface area contributed by atoms with Gasteiger partial charge >= 0.3 is 0 Å². The van der Waals surface area contributed by atoms with Crippen LogP contribution >= 0.6 is 11.6 Å². The Morgan fingerprint density at radius 3 is 2.31 bits per heavy atom. The Hall–Kier alpha value is -3.97. The van der Waals surface area contributed by atoms with Gasteiger partial charge < -0.3 is 10.6 Å². The summed E-state index contributed by atoms with van der Waals surface area (Å²) in [4.78, 5) is 29.1. The van der Waals surface area contributed by atoms with Gasteiger partial charge in [0, 0.05) is 36.3 Å². The van der Waals surface area contributed by atoms with E-state index in [-0.39, 0.29) is 11.8 Å². The van der Waals surface area contributed by atoms with Crippen LogP contribution in [-0.4, -0.2) is 26.6 Å². The number of nitrogens with one attached hydrogen (secondary N) is 2. The predicted molar refractivity (Wildman–Crippen MR) is 125 cm³/mol. The molecule has 0 aliphatic rings. The minimum Gasteiger partial charge on any atom is -0.322 e. The maximum Gasteiger partial charge on any atom is 0.258 e. The van der Waals surface area contributed by atoms with Crippen molar-refractivity contribution in [2.24, 2.45) is 7.05 Å². The molecule has 2 heterocycles. The molecule has 0 unspecified atom stereocenters. The highest BCUT2D eigenvalue weighted by molar-refractivity contribution is 6.34. The highest BCUT2D eigenvalue weighted by Crippen LogP contribution is 2.24. The summed E-state index contributed by atoms with van der Waals surface area (Å²) < 4.78 is 1.59. The third kappa shape index (κ3) is 4.53. The Morgan fingerprint density at radius 1 is 0.906 bits per heavy atom. The summed E-state index contributed by atoms with van der Waals surface area (Å²) in [6.45, 7) is 1.79. The Bertz CT molecular complexity index is 1300. The van der Waals surface area contributed by atoms with Crippen LogP contribution < -0.4 is 10.6 Å². The molecule has 2 N–H and O–H groups in total. The lowest BCUT2D eigenvalue weighted by Crippen LogP contribution is -2.14. The van der Waals surface area contributed by atoms with E-state index in [9.17, 15) is 9.59 Å². The van der Waals surface area contributed by atoms with Crippen LogP contribution in [0.4, 0.5) is 11.5 Å². The molecule has 2 amide bonds. The number of pyridine rings is 1. The van der Waals surface area contributed by atoms with Crippen molar-refractivity contribution in [1.82, 2.24) is 14.8 Å². The van der Waals surface area contributed by atoms with Crippen LogP contribution in [0.25, 0.3) is 11.3 Å². The molecule has 4 aromatic rings. The van der Waals surface area contributed by atoms with Crippen LogP contribution in [0.2, 0.25) is 5.02 Å². The summed E-state index contributed by atoms with van der Waals surface area (Å²) in [5, 5.41) is 10.6. The molecule has 8 heteroatoms. The van der Waals surface area contributed by atoms with Gasteiger partial charge in [-0.1, -0.05) is 35.9 Å². The third-order valence-electron chi connectivity index (χ3n) is 4.93. The third-order valence-corrected chi connectivity index (χ3v) is 5.26. The quantitative estimate of drug-likeness (QED) is 0.455. The number of hydrogen-bond acceptors (Lipinski definition) is 4. The van der Waals surface area contributed by atoms with Gasteiger partial charge in [0.15, 0.2) is 0 Å². The van der Waals surface area contributed by atoms with Crippen molar-refractivity contribution in [1.29, 1.82) is 0 Å². The van der Waals surface area contributed by atoms with Gasteiger partial charge in [0.25, 0.3) is 11.8 Å². The molecular formula is C24H20ClN5O2. The lowest BCUT2D eigenvalue weighted by atomic mass is 10.1. The normalized spacial score (nSPS) is 10.6. The second-order valence-corrected chi connectivity index (χ2v) is 7.55. The summed E-state index contributed by atoms with van der Waals surface area (Å²) >= 11 is 6.11. The summed E-state index contributed by atoms with van der Waals surface area (Å²) in [5.41, 5.74) is 3.77. The van der Waals surface area contributed by atoms with Gasteiger partial charge in [0.1, 0.15) is 5.82 Å². The van der Waals surface area contributed by atoms with Crippen LogP contribution in [0.1, 0.15) is 26.4 Å². The van der Waals surface area contributed by atoms with Gasteiger partial charge in [-0.2, -0.15) is 5.10 Å². The topological polar surface area (TPSA) is 88.9 Å². The summed E-state index contributed by atoms with van der Waals surface area (Å²) in [6, 6.07) is 19.4. The highest BCUT2D eigenvalue weighted by atomic mass is 35.5. The number of halogens is 1. The largest absolute Gasteiger partial charge is 0.322 e. The zero-order valence-electron chi connectivity index (χ0n) is 17.5. The second-order valence-electron chi connectivity index (χ2n) is 7.14. The number of amides is 2. The molecule has 0 saturated heterocycles. The van der Waals surface area contributed by atoms with Crippen molar-refractivity contribution >= 4 is 34.9 Å². The Labute approximate surface area is 190 Å². The number of rotatable bonds is 5. The van der Waals surface area contributed by atoms with E-state index >= 15 is 0 Å². The Morgan fingerprint density at radius 2 is 1.59 bits per heavy atom. The van der Waals surface area contributed by atoms with Crippen LogP contribution in [0.15, 0.2) is 72.9 Å². The summed E-state index contributed by atoms with van der Waals surface area (Å²) in [6.07, 6.45) is 1.65. The monoisotopic (exact) mass is 445 g/mol. The number of aryl methyl sites for hydroxylation is 2. The van der Waals surface area contributed by atoms with Crippen LogP contribution in [0.3, 0.4) is 0 Å². The molecule has 4 rings (SSSR count). The van der Waals surface area contributed by atoms with Gasteiger partial charge in [-0.15, -0.1) is 0 Å². The average Bonchev–Trinajstić information content (AvgIpc) is 3.15. The first kappa shape index (κ1) is 21.3. The molecule has 0 aliphatic heterocycles. The van der Waals surface area contributed by atoms with Crippen molar-refractivity contribution in [2.45, 2.75) is 6.92 Å². The fourth-order valence-electron chi connectivity index (χ4n) is 3.20. The van der Waals surface area contributed by atoms with Gasteiger partial charge in [-0.3, -0.25) is 19.3 Å². The molecule has 160 valence electrons. The number of carbonyl (C=O) groups is 2. The lowest BCUT2D eigenvalue weighted by Gasteiger charge is -2.07. The van der Waals surface area contributed by atoms with Crippen molar-refractivity contribution < 1.29 is 9.59 Å². The van der Waals surface area contributed by atoms with E-state index in [0.717, 1.165) is 5.56 Å². The maximum absolute atomic E-state index is 12.5. The molecule has 7 nitrogen and oxygen atoms in total. The average molecular weight is 446 g/mol. The van der Waals surface area contributed by atoms with E-state index in [1.807, 2.05) is 12.1 Å². The zero-order chi connectivity index (χ0) is 22.7. The Kier molecular flexibility index (Phi) is 6.00. The first-order valence-corrected chi connectivity index (χ1v) is 10.2. The van der Waals surface area contributed by atoms with Crippen LogP contribution in [-0.2, 0) is 7.05 Å². The fraction of sp³-hybridized carbons (Fsp3) is 0.0833. The number of carbonyl (C=O) groups excluding carboxylic acids is 2. The van der Waals surface area contributed by atoms with Crippen LogP contribution in [0, 0.1) is 6.92 Å². The van der Waals surface area contributed by atoms with E-state index in [1.54, 1.807) is 79.4 Å². The van der Waals surface area contributed by atoms with Crippen molar-refractivity contribution in [3.8, 4) is 11.3 Å². The van der Waals surface area contributed by atoms with E-state index in [2.05, 4.69) is 20.7 Å². The number of nitrogens with zero attached hydrogens (tertiary/aromatic N) is 3. The molecule has 32 heavy (non-hydrogen) atoms. The summed E-state index contributed by atoms with van der Waals surface area (Å²) in [5.74, 6) is 0.00835. The van der Waals surface area contributed by atoms with Crippen molar-refractivity contribution in [3.05, 3.63) is 94.8 Å². The van der Waals surface area contributed by atoms with E-state index < -0.39 is 0 Å². The van der Waals surface area contributed by atoms with E-state index in [4.69, 9.17) is 11.6 Å². The molecule has 0 spiro atoms. The molecule has 0 saturated carbocycles. The Balaban J connectivity index is 1.48. The van der Waals surface area contributed by atoms with Gasteiger partial charge in [0.2, 0.25) is 0 Å². The number of aromatic nitrogens is 3. The number of benzene rings is 2. The molecule has 0 atom stereocenters. The van der Waals surface area contributed by atoms with Gasteiger partial charge in [-0.05, 0) is 43.3 Å². The van der Waals surface area contributed by atoms with Crippen molar-refractivity contribution in [2.75, 3.05) is 10.6 Å². The predicted octanol–water partition coefficient (Wildman–Crippen LogP) is 4.95. The molecule has 2 aromatic heterocycles. The second kappa shape index (κ2) is 9.03. The molecule has 0 aliphatic carbocycles. The first-order chi connectivity index (χ1) is 15.4. The maximum atomic E-state index is 12.5. The van der Waals surface area contributed by atoms with Gasteiger partial charge in [-0.25, -0.2) is 0 Å².